The number of hydrogen-bond acceptors (Lipinski definition) is 3. The first-order chi connectivity index (χ1) is 7.43. The molecule has 1 atom stereocenters. The molecule has 0 bridgehead atoms. The Morgan fingerprint density at radius 1 is 1.31 bits per heavy atom. The summed E-state index contributed by atoms with van der Waals surface area (Å²) < 4.78 is 27.0. The summed E-state index contributed by atoms with van der Waals surface area (Å²) in [6.45, 7) is 4.06. The van der Waals surface area contributed by atoms with Gasteiger partial charge in [0.2, 0.25) is 10.0 Å². The van der Waals surface area contributed by atoms with Crippen LogP contribution in [0.2, 0.25) is 0 Å². The molecule has 0 spiro atoms. The van der Waals surface area contributed by atoms with Crippen molar-refractivity contribution in [3.63, 3.8) is 0 Å². The highest BCUT2D eigenvalue weighted by Crippen LogP contribution is 2.28. The van der Waals surface area contributed by atoms with E-state index in [1.807, 2.05) is 13.8 Å². The van der Waals surface area contributed by atoms with E-state index in [-0.39, 0.29) is 12.1 Å². The molecule has 0 heterocycles. The summed E-state index contributed by atoms with van der Waals surface area (Å²) in [6, 6.07) is 0. The van der Waals surface area contributed by atoms with Crippen molar-refractivity contribution < 1.29 is 8.42 Å². The van der Waals surface area contributed by atoms with Crippen molar-refractivity contribution in [3.05, 3.63) is 0 Å². The molecule has 1 rings (SSSR count). The minimum absolute atomic E-state index is 0.196. The zero-order valence-corrected chi connectivity index (χ0v) is 11.1. The van der Waals surface area contributed by atoms with Crippen LogP contribution in [-0.2, 0) is 10.0 Å². The largest absolute Gasteiger partial charge is 0.329 e. The highest BCUT2D eigenvalue weighted by atomic mass is 32.2. The Hall–Kier alpha value is -0.130. The molecule has 0 radical (unpaired) electrons. The first-order valence-corrected chi connectivity index (χ1v) is 7.71. The average Bonchev–Trinajstić information content (AvgIpc) is 2.18. The lowest BCUT2D eigenvalue weighted by Gasteiger charge is -2.35. The van der Waals surface area contributed by atoms with Gasteiger partial charge in [-0.3, -0.25) is 0 Å². The standard InChI is InChI=1S/C11H24N2O2S/c1-3-10(9-12)16(14,15)13-11(2)7-5-4-6-8-11/h10,13H,3-9,12H2,1-2H3. The molecule has 4 nitrogen and oxygen atoms in total. The van der Waals surface area contributed by atoms with Gasteiger partial charge in [-0.25, -0.2) is 13.1 Å². The zero-order chi connectivity index (χ0) is 12.2. The molecule has 0 aromatic rings. The molecule has 1 saturated carbocycles. The fraction of sp³-hybridized carbons (Fsp3) is 1.00. The van der Waals surface area contributed by atoms with Crippen molar-refractivity contribution in [1.82, 2.24) is 4.72 Å². The van der Waals surface area contributed by atoms with Gasteiger partial charge in [-0.15, -0.1) is 0 Å². The van der Waals surface area contributed by atoms with Crippen LogP contribution in [0, 0.1) is 0 Å². The minimum Gasteiger partial charge on any atom is -0.329 e. The average molecular weight is 248 g/mol. The molecule has 16 heavy (non-hydrogen) atoms. The maximum Gasteiger partial charge on any atom is 0.216 e. The van der Waals surface area contributed by atoms with E-state index in [4.69, 9.17) is 5.73 Å². The van der Waals surface area contributed by atoms with Gasteiger partial charge < -0.3 is 5.73 Å². The lowest BCUT2D eigenvalue weighted by molar-refractivity contribution is 0.292. The van der Waals surface area contributed by atoms with Crippen LogP contribution in [0.25, 0.3) is 0 Å². The first-order valence-electron chi connectivity index (χ1n) is 6.16. The lowest BCUT2D eigenvalue weighted by Crippen LogP contribution is -2.51. The van der Waals surface area contributed by atoms with Crippen LogP contribution in [0.3, 0.4) is 0 Å². The summed E-state index contributed by atoms with van der Waals surface area (Å²) in [4.78, 5) is 0. The van der Waals surface area contributed by atoms with Gasteiger partial charge in [0.1, 0.15) is 0 Å². The summed E-state index contributed by atoms with van der Waals surface area (Å²) >= 11 is 0. The summed E-state index contributed by atoms with van der Waals surface area (Å²) in [6.07, 6.45) is 5.88. The Bertz CT molecular complexity index is 304. The van der Waals surface area contributed by atoms with Crippen LogP contribution >= 0.6 is 0 Å². The molecule has 0 amide bonds. The van der Waals surface area contributed by atoms with E-state index in [1.165, 1.54) is 6.42 Å². The Morgan fingerprint density at radius 3 is 2.31 bits per heavy atom. The summed E-state index contributed by atoms with van der Waals surface area (Å²) in [5, 5.41) is -0.453. The third-order valence-electron chi connectivity index (χ3n) is 3.50. The predicted molar refractivity (Wildman–Crippen MR) is 66.7 cm³/mol. The van der Waals surface area contributed by atoms with Gasteiger partial charge in [-0.1, -0.05) is 26.2 Å². The Kier molecular flexibility index (Phi) is 4.76. The van der Waals surface area contributed by atoms with Gasteiger partial charge in [0.15, 0.2) is 0 Å². The zero-order valence-electron chi connectivity index (χ0n) is 10.3. The predicted octanol–water partition coefficient (Wildman–Crippen LogP) is 1.37. The van der Waals surface area contributed by atoms with Crippen LogP contribution in [0.1, 0.15) is 52.4 Å². The van der Waals surface area contributed by atoms with E-state index >= 15 is 0 Å². The molecule has 1 aliphatic carbocycles. The van der Waals surface area contributed by atoms with Gasteiger partial charge in [0.05, 0.1) is 5.25 Å². The van der Waals surface area contributed by atoms with Gasteiger partial charge in [-0.05, 0) is 26.2 Å². The second-order valence-electron chi connectivity index (χ2n) is 5.03. The van der Waals surface area contributed by atoms with Gasteiger partial charge >= 0.3 is 0 Å². The summed E-state index contributed by atoms with van der Waals surface area (Å²) in [5.41, 5.74) is 5.25. The molecule has 0 aromatic heterocycles. The molecule has 0 aromatic carbocycles. The minimum atomic E-state index is -3.26. The van der Waals surface area contributed by atoms with E-state index in [2.05, 4.69) is 4.72 Å². The topological polar surface area (TPSA) is 72.2 Å². The normalized spacial score (nSPS) is 22.9. The quantitative estimate of drug-likeness (QED) is 0.771. The molecule has 3 N–H and O–H groups in total. The maximum atomic E-state index is 12.1. The van der Waals surface area contributed by atoms with Crippen molar-refractivity contribution in [2.45, 2.75) is 63.2 Å². The molecular weight excluding hydrogens is 224 g/mol. The van der Waals surface area contributed by atoms with Gasteiger partial charge in [0.25, 0.3) is 0 Å². The Balaban J connectivity index is 2.70. The highest BCUT2D eigenvalue weighted by Gasteiger charge is 2.34. The highest BCUT2D eigenvalue weighted by molar-refractivity contribution is 7.90. The summed E-state index contributed by atoms with van der Waals surface area (Å²) in [5.74, 6) is 0. The smallest absolute Gasteiger partial charge is 0.216 e. The number of nitrogens with one attached hydrogen (secondary N) is 1. The molecule has 96 valence electrons. The van der Waals surface area contributed by atoms with Crippen LogP contribution in [0.5, 0.6) is 0 Å². The molecule has 0 saturated heterocycles. The van der Waals surface area contributed by atoms with Crippen molar-refractivity contribution in [1.29, 1.82) is 0 Å². The van der Waals surface area contributed by atoms with E-state index in [0.29, 0.717) is 6.42 Å². The molecule has 1 fully saturated rings. The third-order valence-corrected chi connectivity index (χ3v) is 5.68. The second-order valence-corrected chi connectivity index (χ2v) is 7.00. The lowest BCUT2D eigenvalue weighted by atomic mass is 9.84. The molecule has 1 aliphatic rings. The van der Waals surface area contributed by atoms with Crippen molar-refractivity contribution in [3.8, 4) is 0 Å². The molecular formula is C11H24N2O2S. The SMILES string of the molecule is CCC(CN)S(=O)(=O)NC1(C)CCCCC1. The fourth-order valence-corrected chi connectivity index (χ4v) is 4.12. The van der Waals surface area contributed by atoms with E-state index in [1.54, 1.807) is 0 Å². The second kappa shape index (κ2) is 5.47. The maximum absolute atomic E-state index is 12.1. The van der Waals surface area contributed by atoms with Crippen LogP contribution < -0.4 is 10.5 Å². The Labute approximate surface area is 99.0 Å². The third kappa shape index (κ3) is 3.43. The number of hydrogen-bond donors (Lipinski definition) is 2. The number of sulfonamides is 1. The van der Waals surface area contributed by atoms with E-state index in [0.717, 1.165) is 25.7 Å². The molecule has 5 heteroatoms. The van der Waals surface area contributed by atoms with Crippen LogP contribution in [-0.4, -0.2) is 25.8 Å². The Morgan fingerprint density at radius 2 is 1.88 bits per heavy atom. The monoisotopic (exact) mass is 248 g/mol. The molecule has 1 unspecified atom stereocenters. The number of rotatable bonds is 5. The number of nitrogens with two attached hydrogens (primary N) is 1. The summed E-state index contributed by atoms with van der Waals surface area (Å²) in [7, 11) is -3.26. The molecule has 0 aliphatic heterocycles. The van der Waals surface area contributed by atoms with Crippen molar-refractivity contribution in [2.75, 3.05) is 6.54 Å². The van der Waals surface area contributed by atoms with Gasteiger partial charge in [0, 0.05) is 12.1 Å². The van der Waals surface area contributed by atoms with E-state index < -0.39 is 15.3 Å². The van der Waals surface area contributed by atoms with E-state index in [9.17, 15) is 8.42 Å². The van der Waals surface area contributed by atoms with Crippen molar-refractivity contribution >= 4 is 10.0 Å². The van der Waals surface area contributed by atoms with Crippen LogP contribution in [0.4, 0.5) is 0 Å². The fourth-order valence-electron chi connectivity index (χ4n) is 2.37. The van der Waals surface area contributed by atoms with Gasteiger partial charge in [-0.2, -0.15) is 0 Å². The van der Waals surface area contributed by atoms with Crippen LogP contribution in [0.15, 0.2) is 0 Å². The first kappa shape index (κ1) is 13.9. The van der Waals surface area contributed by atoms with Crippen molar-refractivity contribution in [2.24, 2.45) is 5.73 Å².